The minimum atomic E-state index is -3.93. The summed E-state index contributed by atoms with van der Waals surface area (Å²) in [6.07, 6.45) is 0. The molecule has 0 aromatic heterocycles. The zero-order valence-corrected chi connectivity index (χ0v) is 13.4. The molecule has 0 spiro atoms. The molecule has 0 heterocycles. The summed E-state index contributed by atoms with van der Waals surface area (Å²) in [5.41, 5.74) is 0.0970. The minimum Gasteiger partial charge on any atom is -0.508 e. The van der Waals surface area contributed by atoms with E-state index in [9.17, 15) is 18.3 Å². The highest BCUT2D eigenvalue weighted by Gasteiger charge is 2.18. The zero-order chi connectivity index (χ0) is 15.6. The number of halogens is 1. The largest absolute Gasteiger partial charge is 0.508 e. The molecule has 21 heavy (non-hydrogen) atoms. The van der Waals surface area contributed by atoms with Crippen molar-refractivity contribution in [1.82, 2.24) is 0 Å². The monoisotopic (exact) mass is 419 g/mol. The fourth-order valence-corrected chi connectivity index (χ4v) is 3.26. The van der Waals surface area contributed by atoms with Crippen molar-refractivity contribution >= 4 is 44.3 Å². The fraction of sp³-hybridized carbons (Fsp3) is 0. The smallest absolute Gasteiger partial charge is 0.336 e. The number of hydrogen-bond donors (Lipinski definition) is 3. The number of phenolic OH excluding ortho intramolecular Hbond substituents is 1. The Kier molecular flexibility index (Phi) is 4.37. The third kappa shape index (κ3) is 3.64. The van der Waals surface area contributed by atoms with Gasteiger partial charge in [-0.3, -0.25) is 4.72 Å². The van der Waals surface area contributed by atoms with Crippen molar-refractivity contribution in [3.8, 4) is 5.75 Å². The Hall–Kier alpha value is -1.81. The lowest BCUT2D eigenvalue weighted by atomic mass is 10.2. The summed E-state index contributed by atoms with van der Waals surface area (Å²) in [4.78, 5) is 10.9. The number of nitrogens with one attached hydrogen (secondary N) is 1. The molecule has 0 atom stereocenters. The van der Waals surface area contributed by atoms with Gasteiger partial charge in [0.05, 0.1) is 16.1 Å². The third-order valence-corrected chi connectivity index (χ3v) is 4.90. The number of aromatic carboxylic acids is 1. The third-order valence-electron chi connectivity index (χ3n) is 2.58. The summed E-state index contributed by atoms with van der Waals surface area (Å²) in [5.74, 6) is -1.28. The first-order chi connectivity index (χ1) is 9.79. The molecule has 0 unspecified atom stereocenters. The van der Waals surface area contributed by atoms with E-state index >= 15 is 0 Å². The summed E-state index contributed by atoms with van der Waals surface area (Å²) in [7, 11) is -3.93. The first-order valence-corrected chi connectivity index (χ1v) is 8.20. The van der Waals surface area contributed by atoms with Gasteiger partial charge in [-0.05, 0) is 52.9 Å². The number of carboxylic acid groups (broad SMARTS) is 1. The Labute approximate surface area is 134 Å². The van der Waals surface area contributed by atoms with Gasteiger partial charge in [0.15, 0.2) is 0 Å². The summed E-state index contributed by atoms with van der Waals surface area (Å²) in [6.45, 7) is 0. The molecule has 3 N–H and O–H groups in total. The maximum absolute atomic E-state index is 12.2. The molecule has 0 radical (unpaired) electrons. The number of hydrogen-bond acceptors (Lipinski definition) is 4. The van der Waals surface area contributed by atoms with Gasteiger partial charge in [-0.25, -0.2) is 13.2 Å². The van der Waals surface area contributed by atoms with Crippen LogP contribution in [-0.2, 0) is 10.0 Å². The van der Waals surface area contributed by atoms with Gasteiger partial charge in [0.2, 0.25) is 0 Å². The predicted octanol–water partition coefficient (Wildman–Crippen LogP) is 2.50. The van der Waals surface area contributed by atoms with Crippen molar-refractivity contribution in [3.05, 3.63) is 51.6 Å². The summed E-state index contributed by atoms with van der Waals surface area (Å²) < 4.78 is 27.1. The van der Waals surface area contributed by atoms with Gasteiger partial charge in [0.25, 0.3) is 10.0 Å². The molecule has 0 fully saturated rings. The molecule has 110 valence electrons. The lowest BCUT2D eigenvalue weighted by Crippen LogP contribution is -2.14. The van der Waals surface area contributed by atoms with Crippen LogP contribution in [0.1, 0.15) is 10.4 Å². The standard InChI is InChI=1S/C13H10INO5S/c14-12-5-4-10(7-11(12)13(17)18)21(19,20)15-8-2-1-3-9(16)6-8/h1-7,15-16H,(H,17,18). The molecule has 0 aliphatic heterocycles. The van der Waals surface area contributed by atoms with Crippen LogP contribution in [0, 0.1) is 3.57 Å². The molecule has 2 aromatic rings. The number of carboxylic acids is 1. The molecule has 0 aliphatic rings. The molecule has 8 heteroatoms. The van der Waals surface area contributed by atoms with Crippen molar-refractivity contribution in [2.45, 2.75) is 4.90 Å². The fourth-order valence-electron chi connectivity index (χ4n) is 1.62. The molecule has 2 rings (SSSR count). The van der Waals surface area contributed by atoms with Crippen LogP contribution in [0.3, 0.4) is 0 Å². The number of aromatic hydroxyl groups is 1. The van der Waals surface area contributed by atoms with E-state index in [1.807, 2.05) is 22.6 Å². The van der Waals surface area contributed by atoms with Crippen LogP contribution in [-0.4, -0.2) is 24.6 Å². The van der Waals surface area contributed by atoms with Gasteiger partial charge < -0.3 is 10.2 Å². The van der Waals surface area contributed by atoms with Crippen LogP contribution >= 0.6 is 22.6 Å². The Bertz CT molecular complexity index is 804. The molecular weight excluding hydrogens is 409 g/mol. The summed E-state index contributed by atoms with van der Waals surface area (Å²) in [6, 6.07) is 9.45. The number of carbonyl (C=O) groups is 1. The van der Waals surface area contributed by atoms with Crippen molar-refractivity contribution in [2.24, 2.45) is 0 Å². The average molecular weight is 419 g/mol. The molecular formula is C13H10INO5S. The van der Waals surface area contributed by atoms with Crippen LogP contribution < -0.4 is 4.72 Å². The Morgan fingerprint density at radius 1 is 1.14 bits per heavy atom. The van der Waals surface area contributed by atoms with Crippen molar-refractivity contribution in [3.63, 3.8) is 0 Å². The Morgan fingerprint density at radius 3 is 2.48 bits per heavy atom. The van der Waals surface area contributed by atoms with Gasteiger partial charge in [-0.15, -0.1) is 0 Å². The topological polar surface area (TPSA) is 104 Å². The first kappa shape index (κ1) is 15.6. The van der Waals surface area contributed by atoms with E-state index in [0.29, 0.717) is 3.57 Å². The molecule has 0 aliphatic carbocycles. The predicted molar refractivity (Wildman–Crippen MR) is 85.0 cm³/mol. The highest BCUT2D eigenvalue weighted by Crippen LogP contribution is 2.22. The number of rotatable bonds is 4. The maximum Gasteiger partial charge on any atom is 0.336 e. The van der Waals surface area contributed by atoms with Gasteiger partial charge in [0, 0.05) is 9.64 Å². The Morgan fingerprint density at radius 2 is 1.86 bits per heavy atom. The van der Waals surface area contributed by atoms with Crippen LogP contribution in [0.15, 0.2) is 47.4 Å². The lowest BCUT2D eigenvalue weighted by Gasteiger charge is -2.09. The number of phenols is 1. The van der Waals surface area contributed by atoms with Crippen molar-refractivity contribution in [1.29, 1.82) is 0 Å². The highest BCUT2D eigenvalue weighted by molar-refractivity contribution is 14.1. The van der Waals surface area contributed by atoms with Crippen LogP contribution in [0.25, 0.3) is 0 Å². The molecule has 2 aromatic carbocycles. The molecule has 6 nitrogen and oxygen atoms in total. The van der Waals surface area contributed by atoms with E-state index in [1.54, 1.807) is 0 Å². The normalized spacial score (nSPS) is 11.1. The molecule has 0 saturated heterocycles. The van der Waals surface area contributed by atoms with Crippen LogP contribution in [0.4, 0.5) is 5.69 Å². The summed E-state index contributed by atoms with van der Waals surface area (Å²) >= 11 is 1.82. The van der Waals surface area contributed by atoms with E-state index in [2.05, 4.69) is 4.72 Å². The van der Waals surface area contributed by atoms with Crippen molar-refractivity contribution in [2.75, 3.05) is 4.72 Å². The number of sulfonamides is 1. The van der Waals surface area contributed by atoms with Crippen molar-refractivity contribution < 1.29 is 23.4 Å². The van der Waals surface area contributed by atoms with E-state index < -0.39 is 16.0 Å². The minimum absolute atomic E-state index is 0.0796. The van der Waals surface area contributed by atoms with Gasteiger partial charge in [0.1, 0.15) is 5.75 Å². The van der Waals surface area contributed by atoms with Gasteiger partial charge in [-0.1, -0.05) is 6.07 Å². The van der Waals surface area contributed by atoms with E-state index in [1.165, 1.54) is 36.4 Å². The first-order valence-electron chi connectivity index (χ1n) is 5.64. The number of benzene rings is 2. The molecule has 0 bridgehead atoms. The molecule has 0 amide bonds. The SMILES string of the molecule is O=C(O)c1cc(S(=O)(=O)Nc2cccc(O)c2)ccc1I. The van der Waals surface area contributed by atoms with E-state index in [4.69, 9.17) is 5.11 Å². The average Bonchev–Trinajstić information content (AvgIpc) is 2.38. The second kappa shape index (κ2) is 5.90. The zero-order valence-electron chi connectivity index (χ0n) is 10.4. The van der Waals surface area contributed by atoms with Gasteiger partial charge >= 0.3 is 5.97 Å². The number of anilines is 1. The Balaban J connectivity index is 2.40. The van der Waals surface area contributed by atoms with Gasteiger partial charge in [-0.2, -0.15) is 0 Å². The van der Waals surface area contributed by atoms with E-state index in [-0.39, 0.29) is 21.9 Å². The quantitative estimate of drug-likeness (QED) is 0.661. The van der Waals surface area contributed by atoms with E-state index in [0.717, 1.165) is 6.07 Å². The summed E-state index contributed by atoms with van der Waals surface area (Å²) in [5, 5.41) is 18.3. The highest BCUT2D eigenvalue weighted by atomic mass is 127. The lowest BCUT2D eigenvalue weighted by molar-refractivity contribution is 0.0695. The second-order valence-electron chi connectivity index (χ2n) is 4.10. The van der Waals surface area contributed by atoms with Crippen LogP contribution in [0.5, 0.6) is 5.75 Å². The molecule has 0 saturated carbocycles. The second-order valence-corrected chi connectivity index (χ2v) is 6.95. The van der Waals surface area contributed by atoms with Crippen LogP contribution in [0.2, 0.25) is 0 Å². The maximum atomic E-state index is 12.2.